The molecule has 2 aromatic heterocycles. The van der Waals surface area contributed by atoms with E-state index in [0.29, 0.717) is 0 Å². The van der Waals surface area contributed by atoms with Crippen LogP contribution in [0.2, 0.25) is 0 Å². The molecule has 2 rings (SSSR count). The maximum absolute atomic E-state index is 2.10. The molecule has 0 aliphatic heterocycles. The van der Waals surface area contributed by atoms with E-state index in [1.54, 1.807) is 11.3 Å². The van der Waals surface area contributed by atoms with Gasteiger partial charge in [-0.25, -0.2) is 0 Å². The molecule has 0 aliphatic rings. The van der Waals surface area contributed by atoms with Crippen molar-refractivity contribution in [1.82, 2.24) is 0 Å². The Balaban J connectivity index is 0.000000720. The summed E-state index contributed by atoms with van der Waals surface area (Å²) in [6, 6.07) is 10.2. The quantitative estimate of drug-likeness (QED) is 0.690. The molecular formula is C9H8IrNS+4. The number of pyridine rings is 1. The van der Waals surface area contributed by atoms with Gasteiger partial charge in [-0.1, -0.05) is 17.4 Å². The fraction of sp³-hybridized carbons (Fsp3) is 0. The Labute approximate surface area is 89.0 Å². The van der Waals surface area contributed by atoms with Gasteiger partial charge in [0.15, 0.2) is 12.4 Å². The van der Waals surface area contributed by atoms with Gasteiger partial charge in [-0.2, -0.15) is 4.57 Å². The monoisotopic (exact) mass is 355 g/mol. The van der Waals surface area contributed by atoms with Gasteiger partial charge in [0.05, 0.1) is 0 Å². The first-order valence-electron chi connectivity index (χ1n) is 3.47. The van der Waals surface area contributed by atoms with Crippen LogP contribution in [0.15, 0.2) is 48.1 Å². The van der Waals surface area contributed by atoms with Crippen molar-refractivity contribution >= 4 is 11.3 Å². The van der Waals surface area contributed by atoms with Gasteiger partial charge in [-0.3, -0.25) is 0 Å². The van der Waals surface area contributed by atoms with E-state index in [0.717, 1.165) is 0 Å². The molecule has 0 bridgehead atoms. The molecule has 2 aromatic rings. The zero-order valence-corrected chi connectivity index (χ0v) is 9.52. The minimum atomic E-state index is 0. The molecule has 2 heterocycles. The first kappa shape index (κ1) is 9.59. The predicted octanol–water partition coefficient (Wildman–Crippen LogP) is 2.02. The smallest absolute Gasteiger partial charge is 0.158 e. The molecule has 3 heteroatoms. The van der Waals surface area contributed by atoms with E-state index in [2.05, 4.69) is 22.1 Å². The van der Waals surface area contributed by atoms with Crippen molar-refractivity contribution in [1.29, 1.82) is 0 Å². The molecule has 0 spiro atoms. The van der Waals surface area contributed by atoms with Crippen molar-refractivity contribution in [2.45, 2.75) is 0 Å². The molecule has 0 fully saturated rings. The molecule has 0 unspecified atom stereocenters. The second kappa shape index (κ2) is 4.51. The van der Waals surface area contributed by atoms with E-state index in [1.807, 2.05) is 30.6 Å². The van der Waals surface area contributed by atoms with Gasteiger partial charge in [-0.15, -0.1) is 0 Å². The molecule has 0 atom stereocenters. The van der Waals surface area contributed by atoms with Crippen LogP contribution in [0.4, 0.5) is 0 Å². The van der Waals surface area contributed by atoms with Crippen molar-refractivity contribution in [3.63, 3.8) is 0 Å². The summed E-state index contributed by atoms with van der Waals surface area (Å²) in [5.74, 6) is 0. The van der Waals surface area contributed by atoms with Crippen molar-refractivity contribution in [3.05, 3.63) is 48.1 Å². The molecule has 0 aromatic carbocycles. The summed E-state index contributed by atoms with van der Waals surface area (Å²) in [5, 5.41) is 3.33. The topological polar surface area (TPSA) is 3.88 Å². The summed E-state index contributed by atoms with van der Waals surface area (Å²) in [5.41, 5.74) is 0. The summed E-state index contributed by atoms with van der Waals surface area (Å²) in [6.45, 7) is 0. The molecule has 1 nitrogen and oxygen atoms in total. The van der Waals surface area contributed by atoms with Crippen LogP contribution in [-0.4, -0.2) is 0 Å². The summed E-state index contributed by atoms with van der Waals surface area (Å²) >= 11 is 1.74. The summed E-state index contributed by atoms with van der Waals surface area (Å²) < 4.78 is 2.10. The molecule has 0 amide bonds. The summed E-state index contributed by atoms with van der Waals surface area (Å²) in [4.78, 5) is 0. The molecule has 60 valence electrons. The number of hydrogen-bond acceptors (Lipinski definition) is 1. The first-order chi connectivity index (χ1) is 5.47. The standard InChI is InChI=1S/C9H8NS.Ir/c1-2-6-10(7-3-1)9-5-4-8-11-9;/h1-8H;/q+1;+3. The van der Waals surface area contributed by atoms with Crippen LogP contribution in [-0.2, 0) is 20.1 Å². The van der Waals surface area contributed by atoms with Gasteiger partial charge in [0.2, 0.25) is 0 Å². The van der Waals surface area contributed by atoms with E-state index >= 15 is 0 Å². The van der Waals surface area contributed by atoms with Gasteiger partial charge in [0.1, 0.15) is 0 Å². The zero-order chi connectivity index (χ0) is 7.52. The largest absolute Gasteiger partial charge is 3.00 e. The second-order valence-corrected chi connectivity index (χ2v) is 3.16. The predicted molar refractivity (Wildman–Crippen MR) is 45.9 cm³/mol. The Morgan fingerprint density at radius 1 is 1.00 bits per heavy atom. The number of rotatable bonds is 1. The SMILES string of the molecule is [Ir+3].c1cc[n+](-c2cccs2)cc1. The summed E-state index contributed by atoms with van der Waals surface area (Å²) in [6.07, 6.45) is 4.09. The zero-order valence-electron chi connectivity index (χ0n) is 6.31. The third-order valence-electron chi connectivity index (χ3n) is 1.48. The molecule has 0 radical (unpaired) electrons. The average molecular weight is 354 g/mol. The minimum Gasteiger partial charge on any atom is -0.158 e. The third kappa shape index (κ3) is 2.01. The van der Waals surface area contributed by atoms with Gasteiger partial charge >= 0.3 is 20.1 Å². The van der Waals surface area contributed by atoms with Crippen LogP contribution in [0.1, 0.15) is 0 Å². The molecule has 0 saturated heterocycles. The Morgan fingerprint density at radius 2 is 1.75 bits per heavy atom. The number of thiophene rings is 1. The van der Waals surface area contributed by atoms with Crippen LogP contribution in [0.3, 0.4) is 0 Å². The van der Waals surface area contributed by atoms with Crippen molar-refractivity contribution in [3.8, 4) is 5.00 Å². The third-order valence-corrected chi connectivity index (χ3v) is 2.36. The van der Waals surface area contributed by atoms with Crippen LogP contribution in [0.25, 0.3) is 5.00 Å². The Morgan fingerprint density at radius 3 is 2.33 bits per heavy atom. The van der Waals surface area contributed by atoms with Crippen molar-refractivity contribution in [2.75, 3.05) is 0 Å². The molecular weight excluding hydrogens is 346 g/mol. The van der Waals surface area contributed by atoms with Crippen LogP contribution in [0.5, 0.6) is 0 Å². The fourth-order valence-corrected chi connectivity index (χ4v) is 1.66. The van der Waals surface area contributed by atoms with Crippen molar-refractivity contribution < 1.29 is 24.7 Å². The number of aromatic nitrogens is 1. The van der Waals surface area contributed by atoms with E-state index in [1.165, 1.54) is 5.00 Å². The Kier molecular flexibility index (Phi) is 3.60. The van der Waals surface area contributed by atoms with Crippen LogP contribution < -0.4 is 4.57 Å². The number of nitrogens with zero attached hydrogens (tertiary/aromatic N) is 1. The Bertz CT molecular complexity index is 318. The van der Waals surface area contributed by atoms with Crippen LogP contribution >= 0.6 is 11.3 Å². The van der Waals surface area contributed by atoms with E-state index in [-0.39, 0.29) is 20.1 Å². The van der Waals surface area contributed by atoms with Gasteiger partial charge in [-0.05, 0) is 11.4 Å². The first-order valence-corrected chi connectivity index (χ1v) is 4.35. The maximum atomic E-state index is 2.10. The normalized spacial score (nSPS) is 9.00. The summed E-state index contributed by atoms with van der Waals surface area (Å²) in [7, 11) is 0. The molecule has 0 N–H and O–H groups in total. The molecule has 12 heavy (non-hydrogen) atoms. The van der Waals surface area contributed by atoms with E-state index in [4.69, 9.17) is 0 Å². The minimum absolute atomic E-state index is 0. The Hall–Kier alpha value is -0.501. The van der Waals surface area contributed by atoms with Crippen molar-refractivity contribution in [2.24, 2.45) is 0 Å². The van der Waals surface area contributed by atoms with Gasteiger partial charge in [0.25, 0.3) is 5.00 Å². The van der Waals surface area contributed by atoms with Crippen LogP contribution in [0, 0.1) is 0 Å². The second-order valence-electron chi connectivity index (χ2n) is 2.23. The van der Waals surface area contributed by atoms with E-state index in [9.17, 15) is 0 Å². The average Bonchev–Trinajstić information content (AvgIpc) is 2.58. The van der Waals surface area contributed by atoms with E-state index < -0.39 is 0 Å². The van der Waals surface area contributed by atoms with Gasteiger partial charge < -0.3 is 0 Å². The maximum Gasteiger partial charge on any atom is 3.00 e. The molecule has 0 aliphatic carbocycles. The fourth-order valence-electron chi connectivity index (χ4n) is 0.962. The van der Waals surface area contributed by atoms with Gasteiger partial charge in [0, 0.05) is 18.2 Å². The number of hydrogen-bond donors (Lipinski definition) is 0. The molecule has 0 saturated carbocycles.